The van der Waals surface area contributed by atoms with Gasteiger partial charge in [0, 0.05) is 0 Å². The molecule has 0 unspecified atom stereocenters. The molecule has 70 valence electrons. The van der Waals surface area contributed by atoms with Gasteiger partial charge in [0.1, 0.15) is 0 Å². The van der Waals surface area contributed by atoms with Crippen LogP contribution in [-0.2, 0) is 9.53 Å². The molecule has 1 rings (SSSR count). The number of rotatable bonds is 3. The van der Waals surface area contributed by atoms with Crippen LogP contribution in [0, 0.1) is 6.92 Å². The summed E-state index contributed by atoms with van der Waals surface area (Å²) in [7, 11) is 0. The molecule has 0 spiro atoms. The summed E-state index contributed by atoms with van der Waals surface area (Å²) in [4.78, 5) is 16.1. The van der Waals surface area contributed by atoms with E-state index in [1.54, 1.807) is 12.4 Å². The monoisotopic (exact) mass is 197 g/mol. The highest BCUT2D eigenvalue weighted by Gasteiger charge is 2.14. The lowest BCUT2D eigenvalue weighted by Gasteiger charge is -2.02. The van der Waals surface area contributed by atoms with Gasteiger partial charge in [-0.05, 0) is 13.8 Å². The lowest BCUT2D eigenvalue weighted by atomic mass is 10.2. The Labute approximate surface area is 81.1 Å². The summed E-state index contributed by atoms with van der Waals surface area (Å²) in [5, 5.41) is 0. The summed E-state index contributed by atoms with van der Waals surface area (Å²) in [6, 6.07) is 0. The first-order chi connectivity index (χ1) is 6.16. The quantitative estimate of drug-likeness (QED) is 0.549. The third kappa shape index (κ3) is 2.15. The Hall–Kier alpha value is -1.16. The van der Waals surface area contributed by atoms with Crippen LogP contribution < -0.4 is 0 Å². The maximum atomic E-state index is 11.3. The van der Waals surface area contributed by atoms with Crippen molar-refractivity contribution in [3.63, 3.8) is 0 Å². The van der Waals surface area contributed by atoms with E-state index >= 15 is 0 Å². The molecule has 0 N–H and O–H groups in total. The number of hydrogen-bond donors (Lipinski definition) is 0. The van der Waals surface area contributed by atoms with Gasteiger partial charge in [0.25, 0.3) is 0 Å². The van der Waals surface area contributed by atoms with Crippen molar-refractivity contribution in [1.29, 1.82) is 0 Å². The SMILES string of the molecule is C=C(C(=O)OCC)c1scnc1C. The Bertz CT molecular complexity index is 330. The molecule has 0 amide bonds. The van der Waals surface area contributed by atoms with Crippen LogP contribution in [0.15, 0.2) is 12.1 Å². The van der Waals surface area contributed by atoms with Crippen molar-refractivity contribution in [3.8, 4) is 0 Å². The summed E-state index contributed by atoms with van der Waals surface area (Å²) < 4.78 is 4.82. The molecule has 1 aromatic rings. The fraction of sp³-hybridized carbons (Fsp3) is 0.333. The Balaban J connectivity index is 2.80. The molecule has 4 heteroatoms. The molecule has 0 aliphatic rings. The van der Waals surface area contributed by atoms with E-state index in [0.29, 0.717) is 12.2 Å². The van der Waals surface area contributed by atoms with E-state index in [2.05, 4.69) is 11.6 Å². The maximum Gasteiger partial charge on any atom is 0.339 e. The number of ether oxygens (including phenoxy) is 1. The minimum atomic E-state index is -0.366. The van der Waals surface area contributed by atoms with E-state index in [1.165, 1.54) is 11.3 Å². The molecule has 0 radical (unpaired) electrons. The molecule has 1 heterocycles. The van der Waals surface area contributed by atoms with Crippen LogP contribution in [0.5, 0.6) is 0 Å². The van der Waals surface area contributed by atoms with E-state index in [9.17, 15) is 4.79 Å². The Kier molecular flexibility index (Phi) is 3.19. The van der Waals surface area contributed by atoms with E-state index in [-0.39, 0.29) is 5.97 Å². The summed E-state index contributed by atoms with van der Waals surface area (Å²) in [6.07, 6.45) is 0. The molecule has 13 heavy (non-hydrogen) atoms. The van der Waals surface area contributed by atoms with Crippen molar-refractivity contribution >= 4 is 22.9 Å². The maximum absolute atomic E-state index is 11.3. The van der Waals surface area contributed by atoms with Gasteiger partial charge in [0.15, 0.2) is 0 Å². The number of carbonyl (C=O) groups is 1. The van der Waals surface area contributed by atoms with Gasteiger partial charge in [0.05, 0.1) is 28.3 Å². The van der Waals surface area contributed by atoms with Gasteiger partial charge in [-0.15, -0.1) is 11.3 Å². The van der Waals surface area contributed by atoms with Crippen LogP contribution in [0.4, 0.5) is 0 Å². The second-order valence-corrected chi connectivity index (χ2v) is 3.32. The van der Waals surface area contributed by atoms with E-state index < -0.39 is 0 Å². The average Bonchev–Trinajstić information content (AvgIpc) is 2.50. The molecular formula is C9H11NO2S. The van der Waals surface area contributed by atoms with Crippen molar-refractivity contribution in [2.24, 2.45) is 0 Å². The van der Waals surface area contributed by atoms with Gasteiger partial charge < -0.3 is 4.74 Å². The molecular weight excluding hydrogens is 186 g/mol. The fourth-order valence-electron chi connectivity index (χ4n) is 0.902. The third-order valence-corrected chi connectivity index (χ3v) is 2.53. The average molecular weight is 197 g/mol. The Morgan fingerprint density at radius 2 is 2.46 bits per heavy atom. The molecule has 3 nitrogen and oxygen atoms in total. The van der Waals surface area contributed by atoms with Crippen molar-refractivity contribution in [2.75, 3.05) is 6.61 Å². The zero-order chi connectivity index (χ0) is 9.84. The smallest absolute Gasteiger partial charge is 0.339 e. The number of nitrogens with zero attached hydrogens (tertiary/aromatic N) is 1. The standard InChI is InChI=1S/C9H11NO2S/c1-4-12-9(11)6(2)8-7(3)10-5-13-8/h5H,2,4H2,1,3H3. The predicted molar refractivity (Wildman–Crippen MR) is 52.5 cm³/mol. The number of aromatic nitrogens is 1. The van der Waals surface area contributed by atoms with Crippen molar-refractivity contribution in [2.45, 2.75) is 13.8 Å². The van der Waals surface area contributed by atoms with Crippen LogP contribution in [0.3, 0.4) is 0 Å². The van der Waals surface area contributed by atoms with Crippen molar-refractivity contribution in [3.05, 3.63) is 22.7 Å². The zero-order valence-electron chi connectivity index (χ0n) is 7.66. The summed E-state index contributed by atoms with van der Waals surface area (Å²) >= 11 is 1.40. The molecule has 0 bridgehead atoms. The van der Waals surface area contributed by atoms with Crippen LogP contribution in [0.1, 0.15) is 17.5 Å². The zero-order valence-corrected chi connectivity index (χ0v) is 8.48. The van der Waals surface area contributed by atoms with E-state index in [4.69, 9.17) is 4.74 Å². The normalized spacial score (nSPS) is 9.69. The molecule has 0 aromatic carbocycles. The van der Waals surface area contributed by atoms with Gasteiger partial charge >= 0.3 is 5.97 Å². The summed E-state index contributed by atoms with van der Waals surface area (Å²) in [6.45, 7) is 7.66. The molecule has 0 aliphatic carbocycles. The van der Waals surface area contributed by atoms with Crippen molar-refractivity contribution < 1.29 is 9.53 Å². The molecule has 0 aliphatic heterocycles. The lowest BCUT2D eigenvalue weighted by molar-refractivity contribution is -0.136. The first-order valence-corrected chi connectivity index (χ1v) is 4.81. The number of carbonyl (C=O) groups excluding carboxylic acids is 1. The highest BCUT2D eigenvalue weighted by molar-refractivity contribution is 7.11. The minimum absolute atomic E-state index is 0.366. The minimum Gasteiger partial charge on any atom is -0.462 e. The lowest BCUT2D eigenvalue weighted by Crippen LogP contribution is -2.05. The van der Waals surface area contributed by atoms with Crippen LogP contribution in [0.2, 0.25) is 0 Å². The Morgan fingerprint density at radius 3 is 2.92 bits per heavy atom. The fourth-order valence-corrected chi connectivity index (χ4v) is 1.67. The van der Waals surface area contributed by atoms with Crippen LogP contribution >= 0.6 is 11.3 Å². The molecule has 1 aromatic heterocycles. The number of aryl methyl sites for hydroxylation is 1. The summed E-state index contributed by atoms with van der Waals surface area (Å²) in [5.41, 5.74) is 2.90. The van der Waals surface area contributed by atoms with Gasteiger partial charge in [-0.25, -0.2) is 9.78 Å². The highest BCUT2D eigenvalue weighted by atomic mass is 32.1. The second-order valence-electron chi connectivity index (χ2n) is 2.47. The van der Waals surface area contributed by atoms with Crippen LogP contribution in [-0.4, -0.2) is 17.6 Å². The highest BCUT2D eigenvalue weighted by Crippen LogP contribution is 2.21. The Morgan fingerprint density at radius 1 is 1.77 bits per heavy atom. The second kappa shape index (κ2) is 4.18. The predicted octanol–water partition coefficient (Wildman–Crippen LogP) is 2.03. The van der Waals surface area contributed by atoms with Crippen molar-refractivity contribution in [1.82, 2.24) is 4.98 Å². The third-order valence-electron chi connectivity index (χ3n) is 1.54. The topological polar surface area (TPSA) is 39.2 Å². The molecule has 0 fully saturated rings. The first kappa shape index (κ1) is 9.92. The molecule has 0 atom stereocenters. The molecule has 0 saturated carbocycles. The number of thiazole rings is 1. The number of hydrogen-bond acceptors (Lipinski definition) is 4. The molecule has 0 saturated heterocycles. The first-order valence-electron chi connectivity index (χ1n) is 3.93. The van der Waals surface area contributed by atoms with Crippen LogP contribution in [0.25, 0.3) is 5.57 Å². The van der Waals surface area contributed by atoms with Gasteiger partial charge in [0.2, 0.25) is 0 Å². The van der Waals surface area contributed by atoms with Gasteiger partial charge in [-0.2, -0.15) is 0 Å². The number of esters is 1. The summed E-state index contributed by atoms with van der Waals surface area (Å²) in [5.74, 6) is -0.366. The van der Waals surface area contributed by atoms with Gasteiger partial charge in [-0.3, -0.25) is 0 Å². The van der Waals surface area contributed by atoms with E-state index in [0.717, 1.165) is 10.6 Å². The largest absolute Gasteiger partial charge is 0.462 e. The van der Waals surface area contributed by atoms with Gasteiger partial charge in [-0.1, -0.05) is 6.58 Å². The van der Waals surface area contributed by atoms with E-state index in [1.807, 2.05) is 6.92 Å².